The molecule has 0 fully saturated rings. The van der Waals surface area contributed by atoms with E-state index in [4.69, 9.17) is 0 Å². The third-order valence-corrected chi connectivity index (χ3v) is 4.30. The van der Waals surface area contributed by atoms with E-state index >= 15 is 0 Å². The summed E-state index contributed by atoms with van der Waals surface area (Å²) in [6.45, 7) is 0.0431. The molecule has 0 radical (unpaired) electrons. The van der Waals surface area contributed by atoms with E-state index < -0.39 is 0 Å². The molecule has 2 atom stereocenters. The molecule has 0 saturated heterocycles. The average Bonchev–Trinajstić information content (AvgIpc) is 3.03. The first kappa shape index (κ1) is 14.8. The predicted molar refractivity (Wildman–Crippen MR) is 83.3 cm³/mol. The third kappa shape index (κ3) is 3.04. The van der Waals surface area contributed by atoms with E-state index in [0.29, 0.717) is 6.42 Å². The highest BCUT2D eigenvalue weighted by molar-refractivity contribution is 5.84. The van der Waals surface area contributed by atoms with Crippen molar-refractivity contribution in [3.8, 4) is 0 Å². The first-order valence-corrected chi connectivity index (χ1v) is 7.78. The van der Waals surface area contributed by atoms with Gasteiger partial charge in [-0.05, 0) is 31.2 Å². The standard InChI is InChI=1S/C17H21N3O2/c21-10-9-15(12-5-2-1-3-6-12)19-17(22)13-7-4-8-16-14(13)11-18-20-16/h1-3,5-6,11,13,15,21H,4,7-10H2,(H,18,20)(H,19,22). The Bertz CT molecular complexity index is 624. The summed E-state index contributed by atoms with van der Waals surface area (Å²) >= 11 is 0. The van der Waals surface area contributed by atoms with E-state index in [-0.39, 0.29) is 24.5 Å². The fourth-order valence-corrected chi connectivity index (χ4v) is 3.14. The Morgan fingerprint density at radius 2 is 2.23 bits per heavy atom. The summed E-state index contributed by atoms with van der Waals surface area (Å²) in [7, 11) is 0. The van der Waals surface area contributed by atoms with Crippen LogP contribution in [-0.2, 0) is 11.2 Å². The van der Waals surface area contributed by atoms with Gasteiger partial charge in [-0.3, -0.25) is 9.89 Å². The Hall–Kier alpha value is -2.14. The number of nitrogens with zero attached hydrogens (tertiary/aromatic N) is 1. The van der Waals surface area contributed by atoms with Gasteiger partial charge in [-0.1, -0.05) is 30.3 Å². The number of rotatable bonds is 5. The molecular formula is C17H21N3O2. The van der Waals surface area contributed by atoms with Crippen molar-refractivity contribution >= 4 is 5.91 Å². The van der Waals surface area contributed by atoms with Crippen LogP contribution in [0.25, 0.3) is 0 Å². The van der Waals surface area contributed by atoms with Crippen LogP contribution in [-0.4, -0.2) is 27.8 Å². The van der Waals surface area contributed by atoms with Crippen molar-refractivity contribution in [3.63, 3.8) is 0 Å². The Labute approximate surface area is 129 Å². The zero-order valence-electron chi connectivity index (χ0n) is 12.5. The van der Waals surface area contributed by atoms with Crippen molar-refractivity contribution in [2.24, 2.45) is 0 Å². The van der Waals surface area contributed by atoms with Gasteiger partial charge in [0.1, 0.15) is 0 Å². The van der Waals surface area contributed by atoms with Gasteiger partial charge in [0.25, 0.3) is 0 Å². The largest absolute Gasteiger partial charge is 0.396 e. The minimum Gasteiger partial charge on any atom is -0.396 e. The number of hydrogen-bond donors (Lipinski definition) is 3. The molecule has 5 heteroatoms. The van der Waals surface area contributed by atoms with Crippen LogP contribution in [0, 0.1) is 0 Å². The van der Waals surface area contributed by atoms with Gasteiger partial charge >= 0.3 is 0 Å². The van der Waals surface area contributed by atoms with Crippen LogP contribution in [0.1, 0.15) is 48.0 Å². The highest BCUT2D eigenvalue weighted by Crippen LogP contribution is 2.31. The van der Waals surface area contributed by atoms with Gasteiger partial charge in [0.15, 0.2) is 0 Å². The van der Waals surface area contributed by atoms with Crippen LogP contribution >= 0.6 is 0 Å². The fraction of sp³-hybridized carbons (Fsp3) is 0.412. The maximum atomic E-state index is 12.7. The fourth-order valence-electron chi connectivity index (χ4n) is 3.14. The van der Waals surface area contributed by atoms with Crippen molar-refractivity contribution in [2.45, 2.75) is 37.6 Å². The Morgan fingerprint density at radius 1 is 1.41 bits per heavy atom. The molecular weight excluding hydrogens is 278 g/mol. The van der Waals surface area contributed by atoms with Crippen LogP contribution in [0.2, 0.25) is 0 Å². The van der Waals surface area contributed by atoms with Gasteiger partial charge < -0.3 is 10.4 Å². The molecule has 5 nitrogen and oxygen atoms in total. The molecule has 22 heavy (non-hydrogen) atoms. The van der Waals surface area contributed by atoms with Crippen molar-refractivity contribution in [3.05, 3.63) is 53.3 Å². The normalized spacial score (nSPS) is 18.5. The maximum absolute atomic E-state index is 12.7. The number of aliphatic hydroxyl groups excluding tert-OH is 1. The molecule has 1 aromatic carbocycles. The van der Waals surface area contributed by atoms with E-state index in [2.05, 4.69) is 15.5 Å². The van der Waals surface area contributed by atoms with Crippen molar-refractivity contribution < 1.29 is 9.90 Å². The molecule has 0 saturated carbocycles. The molecule has 1 aliphatic rings. The first-order chi connectivity index (χ1) is 10.8. The minimum absolute atomic E-state index is 0.0182. The quantitative estimate of drug-likeness (QED) is 0.791. The van der Waals surface area contributed by atoms with E-state index in [1.807, 2.05) is 30.3 Å². The lowest BCUT2D eigenvalue weighted by Gasteiger charge is -2.25. The molecule has 0 aliphatic heterocycles. The number of carbonyl (C=O) groups is 1. The van der Waals surface area contributed by atoms with Crippen molar-refractivity contribution in [1.29, 1.82) is 0 Å². The molecule has 1 amide bonds. The van der Waals surface area contributed by atoms with Gasteiger partial charge in [-0.2, -0.15) is 5.10 Å². The van der Waals surface area contributed by atoms with Gasteiger partial charge in [0, 0.05) is 17.9 Å². The number of carbonyl (C=O) groups excluding carboxylic acids is 1. The van der Waals surface area contributed by atoms with Crippen LogP contribution in [0.15, 0.2) is 36.5 Å². The molecule has 1 aromatic heterocycles. The van der Waals surface area contributed by atoms with Gasteiger partial charge in [0.2, 0.25) is 5.91 Å². The molecule has 3 N–H and O–H groups in total. The van der Waals surface area contributed by atoms with Gasteiger partial charge in [-0.15, -0.1) is 0 Å². The van der Waals surface area contributed by atoms with Crippen LogP contribution in [0.4, 0.5) is 0 Å². The monoisotopic (exact) mass is 299 g/mol. The second kappa shape index (κ2) is 6.75. The maximum Gasteiger partial charge on any atom is 0.228 e. The lowest BCUT2D eigenvalue weighted by atomic mass is 9.86. The predicted octanol–water partition coefficient (Wildman–Crippen LogP) is 2.07. The number of amides is 1. The summed E-state index contributed by atoms with van der Waals surface area (Å²) in [5.74, 6) is -0.128. The highest BCUT2D eigenvalue weighted by Gasteiger charge is 2.29. The van der Waals surface area contributed by atoms with Crippen LogP contribution in [0.3, 0.4) is 0 Å². The number of aromatic nitrogens is 2. The van der Waals surface area contributed by atoms with Gasteiger partial charge in [-0.25, -0.2) is 0 Å². The summed E-state index contributed by atoms with van der Waals surface area (Å²) in [5, 5.41) is 19.4. The first-order valence-electron chi connectivity index (χ1n) is 7.78. The number of hydrogen-bond acceptors (Lipinski definition) is 3. The second-order valence-electron chi connectivity index (χ2n) is 5.73. The number of fused-ring (bicyclic) bond motifs is 1. The molecule has 116 valence electrons. The third-order valence-electron chi connectivity index (χ3n) is 4.30. The number of aryl methyl sites for hydroxylation is 1. The molecule has 1 aliphatic carbocycles. The smallest absolute Gasteiger partial charge is 0.228 e. The Morgan fingerprint density at radius 3 is 3.00 bits per heavy atom. The van der Waals surface area contributed by atoms with Gasteiger partial charge in [0.05, 0.1) is 18.2 Å². The minimum atomic E-state index is -0.157. The summed E-state index contributed by atoms with van der Waals surface area (Å²) in [5.41, 5.74) is 3.11. The number of H-pyrrole nitrogens is 1. The van der Waals surface area contributed by atoms with E-state index in [0.717, 1.165) is 36.1 Å². The summed E-state index contributed by atoms with van der Waals surface area (Å²) in [6.07, 6.45) is 5.07. The zero-order valence-corrected chi connectivity index (χ0v) is 12.5. The van der Waals surface area contributed by atoms with Crippen LogP contribution in [0.5, 0.6) is 0 Å². The summed E-state index contributed by atoms with van der Waals surface area (Å²) < 4.78 is 0. The lowest BCUT2D eigenvalue weighted by Crippen LogP contribution is -2.34. The molecule has 0 spiro atoms. The lowest BCUT2D eigenvalue weighted by molar-refractivity contribution is -0.123. The van der Waals surface area contributed by atoms with E-state index in [1.165, 1.54) is 0 Å². The molecule has 0 bridgehead atoms. The molecule has 2 aromatic rings. The Balaban J connectivity index is 1.75. The van der Waals surface area contributed by atoms with E-state index in [1.54, 1.807) is 6.20 Å². The van der Waals surface area contributed by atoms with E-state index in [9.17, 15) is 9.90 Å². The summed E-state index contributed by atoms with van der Waals surface area (Å²) in [4.78, 5) is 12.7. The molecule has 1 heterocycles. The van der Waals surface area contributed by atoms with Crippen molar-refractivity contribution in [2.75, 3.05) is 6.61 Å². The zero-order chi connectivity index (χ0) is 15.4. The number of aliphatic hydroxyl groups is 1. The highest BCUT2D eigenvalue weighted by atomic mass is 16.3. The molecule has 3 rings (SSSR count). The number of aromatic amines is 1. The number of nitrogens with one attached hydrogen (secondary N) is 2. The van der Waals surface area contributed by atoms with Crippen molar-refractivity contribution in [1.82, 2.24) is 15.5 Å². The SMILES string of the molecule is O=C(NC(CCO)c1ccccc1)C1CCCc2[nH]ncc21. The Kier molecular flexibility index (Phi) is 4.53. The summed E-state index contributed by atoms with van der Waals surface area (Å²) in [6, 6.07) is 9.63. The number of benzene rings is 1. The second-order valence-corrected chi connectivity index (χ2v) is 5.73. The topological polar surface area (TPSA) is 78.0 Å². The molecule has 2 unspecified atom stereocenters. The average molecular weight is 299 g/mol. The van der Waals surface area contributed by atoms with Crippen LogP contribution < -0.4 is 5.32 Å².